The second kappa shape index (κ2) is 4.61. The van der Waals surface area contributed by atoms with Gasteiger partial charge in [0.2, 0.25) is 10.0 Å². The topological polar surface area (TPSA) is 83.5 Å². The van der Waals surface area contributed by atoms with Crippen molar-refractivity contribution in [3.8, 4) is 0 Å². The Morgan fingerprint density at radius 2 is 2.00 bits per heavy atom. The Morgan fingerprint density at radius 1 is 1.37 bits per heavy atom. The summed E-state index contributed by atoms with van der Waals surface area (Å²) in [7, 11) is -3.68. The molecule has 1 aromatic carbocycles. The maximum absolute atomic E-state index is 12.3. The molecule has 1 fully saturated rings. The number of benzene rings is 1. The zero-order valence-electron chi connectivity index (χ0n) is 10.9. The highest BCUT2D eigenvalue weighted by Gasteiger charge is 2.36. The molecule has 104 valence electrons. The third kappa shape index (κ3) is 2.64. The van der Waals surface area contributed by atoms with Crippen LogP contribution in [-0.2, 0) is 10.0 Å². The van der Waals surface area contributed by atoms with Gasteiger partial charge in [0.25, 0.3) is 0 Å². The predicted molar refractivity (Wildman–Crippen MR) is 70.7 cm³/mol. The first-order chi connectivity index (χ1) is 8.75. The first kappa shape index (κ1) is 14.0. The molecule has 0 atom stereocenters. The molecule has 1 aliphatic rings. The number of hydrogen-bond donors (Lipinski definition) is 2. The number of aromatic carboxylic acids is 1. The lowest BCUT2D eigenvalue weighted by Crippen LogP contribution is -2.50. The molecule has 1 saturated carbocycles. The van der Waals surface area contributed by atoms with Crippen LogP contribution in [0.2, 0.25) is 0 Å². The van der Waals surface area contributed by atoms with Crippen LogP contribution in [0.5, 0.6) is 0 Å². The summed E-state index contributed by atoms with van der Waals surface area (Å²) in [5, 5.41) is 9.03. The molecule has 0 unspecified atom stereocenters. The quantitative estimate of drug-likeness (QED) is 0.884. The Balaban J connectivity index is 2.41. The minimum Gasteiger partial charge on any atom is -0.478 e. The molecule has 0 aliphatic heterocycles. The van der Waals surface area contributed by atoms with E-state index in [2.05, 4.69) is 4.72 Å². The summed E-state index contributed by atoms with van der Waals surface area (Å²) in [6, 6.07) is 4.29. The van der Waals surface area contributed by atoms with E-state index in [1.165, 1.54) is 25.1 Å². The van der Waals surface area contributed by atoms with E-state index in [9.17, 15) is 13.2 Å². The Hall–Kier alpha value is -1.40. The van der Waals surface area contributed by atoms with Gasteiger partial charge in [-0.3, -0.25) is 0 Å². The van der Waals surface area contributed by atoms with Crippen LogP contribution >= 0.6 is 0 Å². The zero-order chi connectivity index (χ0) is 14.3. The molecular weight excluding hydrogens is 266 g/mol. The Morgan fingerprint density at radius 3 is 2.47 bits per heavy atom. The van der Waals surface area contributed by atoms with E-state index >= 15 is 0 Å². The number of sulfonamides is 1. The molecule has 2 N–H and O–H groups in total. The monoisotopic (exact) mass is 283 g/mol. The van der Waals surface area contributed by atoms with Gasteiger partial charge in [-0.1, -0.05) is 6.07 Å². The van der Waals surface area contributed by atoms with Crippen LogP contribution in [0, 0.1) is 6.92 Å². The minimum absolute atomic E-state index is 0.0154. The molecular formula is C13H17NO4S. The number of hydrogen-bond acceptors (Lipinski definition) is 3. The molecule has 1 aliphatic carbocycles. The van der Waals surface area contributed by atoms with Gasteiger partial charge in [0, 0.05) is 5.54 Å². The van der Waals surface area contributed by atoms with Gasteiger partial charge in [-0.2, -0.15) is 0 Å². The van der Waals surface area contributed by atoms with E-state index in [1.54, 1.807) is 0 Å². The average molecular weight is 283 g/mol. The van der Waals surface area contributed by atoms with E-state index in [0.29, 0.717) is 0 Å². The molecule has 0 heterocycles. The van der Waals surface area contributed by atoms with Crippen molar-refractivity contribution in [2.24, 2.45) is 0 Å². The Bertz CT molecular complexity index is 618. The van der Waals surface area contributed by atoms with Crippen LogP contribution in [0.25, 0.3) is 0 Å². The van der Waals surface area contributed by atoms with Gasteiger partial charge >= 0.3 is 5.97 Å². The second-order valence-electron chi connectivity index (χ2n) is 5.25. The van der Waals surface area contributed by atoms with E-state index < -0.39 is 21.5 Å². The summed E-state index contributed by atoms with van der Waals surface area (Å²) in [4.78, 5) is 11.1. The highest BCUT2D eigenvalue weighted by atomic mass is 32.2. The molecule has 0 saturated heterocycles. The van der Waals surface area contributed by atoms with Gasteiger partial charge in [0.1, 0.15) is 0 Å². The van der Waals surface area contributed by atoms with Gasteiger partial charge < -0.3 is 5.11 Å². The summed E-state index contributed by atoms with van der Waals surface area (Å²) in [5.41, 5.74) is -0.114. The van der Waals surface area contributed by atoms with Crippen molar-refractivity contribution in [1.29, 1.82) is 0 Å². The highest BCUT2D eigenvalue weighted by molar-refractivity contribution is 7.89. The van der Waals surface area contributed by atoms with Crippen LogP contribution in [-0.4, -0.2) is 25.0 Å². The molecule has 0 radical (unpaired) electrons. The average Bonchev–Trinajstić information content (AvgIpc) is 2.26. The van der Waals surface area contributed by atoms with Crippen LogP contribution in [0.4, 0.5) is 0 Å². The fraction of sp³-hybridized carbons (Fsp3) is 0.462. The highest BCUT2D eigenvalue weighted by Crippen LogP contribution is 2.33. The first-order valence-electron chi connectivity index (χ1n) is 6.12. The minimum atomic E-state index is -3.68. The van der Waals surface area contributed by atoms with Crippen LogP contribution in [0.3, 0.4) is 0 Å². The van der Waals surface area contributed by atoms with E-state index in [-0.39, 0.29) is 16.0 Å². The molecule has 6 heteroatoms. The predicted octanol–water partition coefficient (Wildman–Crippen LogP) is 1.91. The van der Waals surface area contributed by atoms with E-state index in [4.69, 9.17) is 5.11 Å². The number of carboxylic acid groups (broad SMARTS) is 1. The fourth-order valence-electron chi connectivity index (χ4n) is 2.33. The number of carboxylic acids is 1. The summed E-state index contributed by atoms with van der Waals surface area (Å²) in [5.74, 6) is -1.12. The van der Waals surface area contributed by atoms with Crippen molar-refractivity contribution >= 4 is 16.0 Å². The summed E-state index contributed by atoms with van der Waals surface area (Å²) >= 11 is 0. The third-order valence-electron chi connectivity index (χ3n) is 3.64. The standard InChI is InChI=1S/C13H17NO4S/c1-9-10(12(15)16)5-3-6-11(9)19(17,18)14-13(2)7-4-8-13/h3,5-6,14H,4,7-8H2,1-2H3,(H,15,16). The summed E-state index contributed by atoms with van der Waals surface area (Å²) in [6.07, 6.45) is 2.63. The van der Waals surface area contributed by atoms with Crippen molar-refractivity contribution in [2.75, 3.05) is 0 Å². The largest absolute Gasteiger partial charge is 0.478 e. The maximum atomic E-state index is 12.3. The first-order valence-corrected chi connectivity index (χ1v) is 7.60. The number of carbonyl (C=O) groups is 1. The lowest BCUT2D eigenvalue weighted by molar-refractivity contribution is 0.0696. The van der Waals surface area contributed by atoms with Crippen molar-refractivity contribution in [1.82, 2.24) is 4.72 Å². The molecule has 0 amide bonds. The van der Waals surface area contributed by atoms with Crippen LogP contribution in [0.1, 0.15) is 42.1 Å². The lowest BCUT2D eigenvalue weighted by atomic mass is 9.80. The molecule has 5 nitrogen and oxygen atoms in total. The van der Waals surface area contributed by atoms with E-state index in [1.807, 2.05) is 6.92 Å². The Kier molecular flexibility index (Phi) is 3.40. The molecule has 0 bridgehead atoms. The lowest BCUT2D eigenvalue weighted by Gasteiger charge is -2.38. The van der Waals surface area contributed by atoms with Crippen LogP contribution in [0.15, 0.2) is 23.1 Å². The normalized spacial score (nSPS) is 17.8. The van der Waals surface area contributed by atoms with Crippen molar-refractivity contribution in [2.45, 2.75) is 43.5 Å². The van der Waals surface area contributed by atoms with Crippen molar-refractivity contribution in [3.63, 3.8) is 0 Å². The maximum Gasteiger partial charge on any atom is 0.335 e. The third-order valence-corrected chi connectivity index (χ3v) is 5.42. The van der Waals surface area contributed by atoms with Crippen molar-refractivity contribution in [3.05, 3.63) is 29.3 Å². The van der Waals surface area contributed by atoms with Gasteiger partial charge in [0.05, 0.1) is 10.5 Å². The molecule has 0 spiro atoms. The second-order valence-corrected chi connectivity index (χ2v) is 6.90. The zero-order valence-corrected chi connectivity index (χ0v) is 11.8. The molecule has 1 aromatic rings. The van der Waals surface area contributed by atoms with Gasteiger partial charge in [-0.15, -0.1) is 0 Å². The fourth-order valence-corrected chi connectivity index (χ4v) is 4.06. The molecule has 19 heavy (non-hydrogen) atoms. The Labute approximate surface area is 112 Å². The van der Waals surface area contributed by atoms with Gasteiger partial charge in [-0.25, -0.2) is 17.9 Å². The van der Waals surface area contributed by atoms with Crippen molar-refractivity contribution < 1.29 is 18.3 Å². The van der Waals surface area contributed by atoms with E-state index in [0.717, 1.165) is 19.3 Å². The van der Waals surface area contributed by atoms with Gasteiger partial charge in [0.15, 0.2) is 0 Å². The number of nitrogens with one attached hydrogen (secondary N) is 1. The summed E-state index contributed by atoms with van der Waals surface area (Å²) in [6.45, 7) is 3.38. The SMILES string of the molecule is Cc1c(C(=O)O)cccc1S(=O)(=O)NC1(C)CCC1. The van der Waals surface area contributed by atoms with Crippen LogP contribution < -0.4 is 4.72 Å². The molecule has 0 aromatic heterocycles. The van der Waals surface area contributed by atoms with Gasteiger partial charge in [-0.05, 0) is 50.8 Å². The number of rotatable bonds is 4. The smallest absolute Gasteiger partial charge is 0.335 e. The summed E-state index contributed by atoms with van der Waals surface area (Å²) < 4.78 is 27.3. The molecule has 2 rings (SSSR count).